The van der Waals surface area contributed by atoms with Gasteiger partial charge in [0.25, 0.3) is 0 Å². The number of aromatic nitrogens is 2. The van der Waals surface area contributed by atoms with Crippen molar-refractivity contribution in [3.63, 3.8) is 0 Å². The average molecular weight is 466 g/mol. The van der Waals surface area contributed by atoms with Crippen molar-refractivity contribution in [3.8, 4) is 22.9 Å². The van der Waals surface area contributed by atoms with Crippen molar-refractivity contribution in [2.24, 2.45) is 11.6 Å². The lowest BCUT2D eigenvalue weighted by Gasteiger charge is -2.24. The summed E-state index contributed by atoms with van der Waals surface area (Å²) >= 11 is 0. The van der Waals surface area contributed by atoms with Gasteiger partial charge in [-0.25, -0.2) is 15.6 Å². The Kier molecular flexibility index (Phi) is 6.60. The number of carbonyl (C=O) groups excluding carboxylic acids is 1. The Balaban J connectivity index is 1.77. The Morgan fingerprint density at radius 3 is 2.53 bits per heavy atom. The molecule has 2 aromatic carbocycles. The molecule has 178 valence electrons. The van der Waals surface area contributed by atoms with Crippen LogP contribution in [0, 0.1) is 0 Å². The normalized spacial score (nSPS) is 13.9. The quantitative estimate of drug-likeness (QED) is 0.400. The van der Waals surface area contributed by atoms with E-state index in [2.05, 4.69) is 4.98 Å². The fourth-order valence-electron chi connectivity index (χ4n) is 3.74. The maximum atomic E-state index is 12.6. The van der Waals surface area contributed by atoms with Gasteiger partial charge in [0, 0.05) is 18.6 Å². The number of nitrogens with two attached hydrogens (primary N) is 2. The van der Waals surface area contributed by atoms with Gasteiger partial charge < -0.3 is 24.7 Å². The average Bonchev–Trinajstić information content (AvgIpc) is 3.24. The summed E-state index contributed by atoms with van der Waals surface area (Å²) in [4.78, 5) is 16.9. The second kappa shape index (κ2) is 9.75. The van der Waals surface area contributed by atoms with Crippen LogP contribution in [0.2, 0.25) is 0 Å². The van der Waals surface area contributed by atoms with Crippen molar-refractivity contribution in [1.29, 1.82) is 0 Å². The Bertz CT molecular complexity index is 1240. The minimum absolute atomic E-state index is 0.0678. The molecule has 0 amide bonds. The number of hydrogen-bond acceptors (Lipinski definition) is 9. The van der Waals surface area contributed by atoms with E-state index in [1.165, 1.54) is 5.01 Å². The minimum Gasteiger partial charge on any atom is -0.497 e. The number of carbonyl (C=O) groups is 1. The molecular formula is C24H27N5O5. The van der Waals surface area contributed by atoms with E-state index in [1.807, 2.05) is 34.9 Å². The molecule has 0 saturated carbocycles. The Morgan fingerprint density at radius 2 is 1.79 bits per heavy atom. The number of imidazole rings is 1. The highest BCUT2D eigenvalue weighted by molar-refractivity contribution is 5.89. The number of benzene rings is 2. The summed E-state index contributed by atoms with van der Waals surface area (Å²) in [5.41, 5.74) is 9.60. The summed E-state index contributed by atoms with van der Waals surface area (Å²) in [6, 6.07) is 12.7. The van der Waals surface area contributed by atoms with Crippen LogP contribution in [0.25, 0.3) is 5.69 Å². The number of fused-ring (bicyclic) bond motifs is 3. The molecule has 0 fully saturated rings. The largest absolute Gasteiger partial charge is 0.497 e. The van der Waals surface area contributed by atoms with Crippen LogP contribution in [0.4, 0.5) is 5.69 Å². The summed E-state index contributed by atoms with van der Waals surface area (Å²) < 4.78 is 23.5. The number of allylic oxidation sites excluding steroid dienone is 1. The Hall–Kier alpha value is -4.18. The van der Waals surface area contributed by atoms with E-state index in [0.717, 1.165) is 5.69 Å². The van der Waals surface area contributed by atoms with Crippen LogP contribution in [0.1, 0.15) is 23.1 Å². The van der Waals surface area contributed by atoms with Crippen LogP contribution >= 0.6 is 0 Å². The van der Waals surface area contributed by atoms with Gasteiger partial charge in [-0.3, -0.25) is 9.58 Å². The van der Waals surface area contributed by atoms with Crippen LogP contribution in [-0.2, 0) is 11.2 Å². The number of esters is 1. The Morgan fingerprint density at radius 1 is 1.06 bits per heavy atom. The lowest BCUT2D eigenvalue weighted by atomic mass is 10.1. The minimum atomic E-state index is -0.512. The van der Waals surface area contributed by atoms with E-state index in [9.17, 15) is 4.79 Å². The van der Waals surface area contributed by atoms with Crippen molar-refractivity contribution in [2.75, 3.05) is 32.4 Å². The molecular weight excluding hydrogens is 438 g/mol. The highest BCUT2D eigenvalue weighted by atomic mass is 16.5. The number of anilines is 1. The number of nitrogens with zero attached hydrogens (tertiary/aromatic N) is 3. The molecule has 10 nitrogen and oxygen atoms in total. The summed E-state index contributed by atoms with van der Waals surface area (Å²) in [5, 5.41) is 1.49. The number of rotatable bonds is 7. The molecule has 0 spiro atoms. The molecule has 1 aliphatic rings. The van der Waals surface area contributed by atoms with E-state index in [0.29, 0.717) is 40.0 Å². The van der Waals surface area contributed by atoms with Crippen molar-refractivity contribution in [2.45, 2.75) is 13.3 Å². The van der Waals surface area contributed by atoms with Crippen LogP contribution < -0.4 is 30.8 Å². The smallest absolute Gasteiger partial charge is 0.358 e. The van der Waals surface area contributed by atoms with Crippen LogP contribution in [0.15, 0.2) is 60.2 Å². The molecule has 4 N–H and O–H groups in total. The lowest BCUT2D eigenvalue weighted by molar-refractivity contribution is 0.0519. The predicted octanol–water partition coefficient (Wildman–Crippen LogP) is 2.55. The first-order valence-corrected chi connectivity index (χ1v) is 10.7. The molecule has 1 aliphatic heterocycles. The molecule has 0 saturated heterocycles. The van der Waals surface area contributed by atoms with E-state index in [-0.39, 0.29) is 25.3 Å². The van der Waals surface area contributed by atoms with Gasteiger partial charge in [-0.2, -0.15) is 0 Å². The van der Waals surface area contributed by atoms with Gasteiger partial charge in [0.05, 0.1) is 49.3 Å². The first kappa shape index (κ1) is 23.0. The number of hydrogen-bond donors (Lipinski definition) is 2. The maximum absolute atomic E-state index is 12.6. The third-order valence-corrected chi connectivity index (χ3v) is 5.47. The molecule has 0 unspecified atom stereocenters. The highest BCUT2D eigenvalue weighted by Crippen LogP contribution is 2.36. The standard InChI is InChI=1S/C24H27N5O5/c1-4-33-24(30)23-22-12-20(18(25)13-34-17-7-5-6-15(10-17)31-2)29(26)21-11-16(32-3)8-9-19(21)28(22)14-27-23/h5-11,14H,4,12-13,25-26H2,1-3H3/b20-18-. The monoisotopic (exact) mass is 465 g/mol. The molecule has 0 atom stereocenters. The van der Waals surface area contributed by atoms with E-state index in [4.69, 9.17) is 30.5 Å². The molecule has 0 aliphatic carbocycles. The zero-order valence-electron chi connectivity index (χ0n) is 19.3. The molecule has 34 heavy (non-hydrogen) atoms. The number of ether oxygens (including phenoxy) is 4. The fourth-order valence-corrected chi connectivity index (χ4v) is 3.74. The summed E-state index contributed by atoms with van der Waals surface area (Å²) in [6.07, 6.45) is 1.81. The molecule has 0 bridgehead atoms. The second-order valence-electron chi connectivity index (χ2n) is 7.47. The van der Waals surface area contributed by atoms with Crippen LogP contribution in [0.5, 0.6) is 17.2 Å². The van der Waals surface area contributed by atoms with Crippen LogP contribution in [-0.4, -0.2) is 43.0 Å². The van der Waals surface area contributed by atoms with Crippen molar-refractivity contribution in [3.05, 3.63) is 71.6 Å². The molecule has 0 radical (unpaired) electrons. The number of methoxy groups -OCH3 is 2. The summed E-state index contributed by atoms with van der Waals surface area (Å²) in [7, 11) is 3.16. The Labute approximate surface area is 197 Å². The van der Waals surface area contributed by atoms with Crippen molar-refractivity contribution in [1.82, 2.24) is 9.55 Å². The van der Waals surface area contributed by atoms with E-state index >= 15 is 0 Å². The summed E-state index contributed by atoms with van der Waals surface area (Å²) in [5.74, 6) is 7.94. The van der Waals surface area contributed by atoms with Gasteiger partial charge in [0.15, 0.2) is 5.69 Å². The van der Waals surface area contributed by atoms with Crippen molar-refractivity contribution >= 4 is 11.7 Å². The van der Waals surface area contributed by atoms with Crippen LogP contribution in [0.3, 0.4) is 0 Å². The SMILES string of the molecule is CCOC(=O)c1ncn2c1C/C(=C(/N)COc1cccc(OC)c1)N(N)c1cc(OC)ccc1-2. The van der Waals surface area contributed by atoms with Gasteiger partial charge in [-0.1, -0.05) is 6.07 Å². The number of hydrazine groups is 1. The van der Waals surface area contributed by atoms with Crippen molar-refractivity contribution < 1.29 is 23.7 Å². The summed E-state index contributed by atoms with van der Waals surface area (Å²) in [6.45, 7) is 2.05. The van der Waals surface area contributed by atoms with Gasteiger partial charge in [0.1, 0.15) is 30.2 Å². The van der Waals surface area contributed by atoms with Gasteiger partial charge in [0.2, 0.25) is 0 Å². The molecule has 3 aromatic rings. The molecule has 1 aromatic heterocycles. The fraction of sp³-hybridized carbons (Fsp3) is 0.250. The van der Waals surface area contributed by atoms with Gasteiger partial charge in [-0.15, -0.1) is 0 Å². The maximum Gasteiger partial charge on any atom is 0.358 e. The molecule has 4 rings (SSSR count). The van der Waals surface area contributed by atoms with E-state index < -0.39 is 5.97 Å². The topological polar surface area (TPSA) is 127 Å². The van der Waals surface area contributed by atoms with Gasteiger partial charge in [-0.05, 0) is 31.2 Å². The molecule has 2 heterocycles. The molecule has 10 heteroatoms. The predicted molar refractivity (Wildman–Crippen MR) is 126 cm³/mol. The second-order valence-corrected chi connectivity index (χ2v) is 7.47. The lowest BCUT2D eigenvalue weighted by Crippen LogP contribution is -2.34. The first-order chi connectivity index (χ1) is 16.5. The third kappa shape index (κ3) is 4.35. The first-order valence-electron chi connectivity index (χ1n) is 10.7. The highest BCUT2D eigenvalue weighted by Gasteiger charge is 2.29. The zero-order chi connectivity index (χ0) is 24.2. The van der Waals surface area contributed by atoms with E-state index in [1.54, 1.807) is 39.6 Å². The third-order valence-electron chi connectivity index (χ3n) is 5.47. The zero-order valence-corrected chi connectivity index (χ0v) is 19.3. The van der Waals surface area contributed by atoms with Gasteiger partial charge >= 0.3 is 5.97 Å².